The van der Waals surface area contributed by atoms with Crippen molar-refractivity contribution in [2.75, 3.05) is 0 Å². The Bertz CT molecular complexity index is 1920. The molecule has 3 nitrogen and oxygen atoms in total. The van der Waals surface area contributed by atoms with Gasteiger partial charge in [-0.2, -0.15) is 0 Å². The Morgan fingerprint density at radius 3 is 1.44 bits per heavy atom. The molecule has 4 heteroatoms. The fourth-order valence-electron chi connectivity index (χ4n) is 5.17. The Balaban J connectivity index is 1.51. The van der Waals surface area contributed by atoms with Crippen molar-refractivity contribution in [2.45, 2.75) is 0 Å². The van der Waals surface area contributed by atoms with Gasteiger partial charge in [0.05, 0.1) is 5.02 Å². The predicted octanol–water partition coefficient (Wildman–Crippen LogP) is 10.0. The van der Waals surface area contributed by atoms with Crippen LogP contribution >= 0.6 is 11.6 Å². The number of hydrogen-bond acceptors (Lipinski definition) is 3. The number of halogens is 1. The van der Waals surface area contributed by atoms with Gasteiger partial charge in [0.1, 0.15) is 0 Å². The van der Waals surface area contributed by atoms with Crippen molar-refractivity contribution in [1.29, 1.82) is 0 Å². The Morgan fingerprint density at radius 2 is 0.829 bits per heavy atom. The number of nitrogens with zero attached hydrogens (tertiary/aromatic N) is 3. The van der Waals surface area contributed by atoms with E-state index in [0.29, 0.717) is 22.5 Å². The first-order chi connectivity index (χ1) is 20.2. The van der Waals surface area contributed by atoms with Gasteiger partial charge in [-0.25, -0.2) is 15.0 Å². The van der Waals surface area contributed by atoms with Gasteiger partial charge in [0.25, 0.3) is 0 Å². The SMILES string of the molecule is Clc1c(-c2ccccc2)cc(-c2nc(-c3ccccc3)nc(-c3cccc4ccccc34)n2)cc1-c1ccccc1. The van der Waals surface area contributed by atoms with Crippen LogP contribution < -0.4 is 0 Å². The number of aromatic nitrogens is 3. The van der Waals surface area contributed by atoms with Gasteiger partial charge in [0, 0.05) is 27.8 Å². The van der Waals surface area contributed by atoms with Gasteiger partial charge >= 0.3 is 0 Å². The van der Waals surface area contributed by atoms with Gasteiger partial charge in [0.2, 0.25) is 0 Å². The van der Waals surface area contributed by atoms with E-state index in [0.717, 1.165) is 49.7 Å². The van der Waals surface area contributed by atoms with Crippen molar-refractivity contribution in [3.8, 4) is 56.4 Å². The van der Waals surface area contributed by atoms with Crippen LogP contribution in [0, 0.1) is 0 Å². The molecule has 0 aliphatic rings. The summed E-state index contributed by atoms with van der Waals surface area (Å²) in [5, 5.41) is 2.92. The summed E-state index contributed by atoms with van der Waals surface area (Å²) < 4.78 is 0. The van der Waals surface area contributed by atoms with E-state index in [9.17, 15) is 0 Å². The summed E-state index contributed by atoms with van der Waals surface area (Å²) in [5.41, 5.74) is 6.68. The predicted molar refractivity (Wildman–Crippen MR) is 170 cm³/mol. The fraction of sp³-hybridized carbons (Fsp3) is 0. The van der Waals surface area contributed by atoms with Gasteiger partial charge in [-0.3, -0.25) is 0 Å². The lowest BCUT2D eigenvalue weighted by atomic mass is 9.95. The second-order valence-electron chi connectivity index (χ2n) is 9.82. The smallest absolute Gasteiger partial charge is 0.164 e. The molecular formula is C37H24ClN3. The number of hydrogen-bond donors (Lipinski definition) is 0. The third-order valence-corrected chi connectivity index (χ3v) is 7.61. The average molecular weight is 546 g/mol. The van der Waals surface area contributed by atoms with Crippen molar-refractivity contribution in [1.82, 2.24) is 15.0 Å². The molecule has 0 saturated heterocycles. The molecular weight excluding hydrogens is 522 g/mol. The standard InChI is InChI=1S/C37H24ClN3/c38-34-32(26-13-4-1-5-14-26)23-29(24-33(34)27-15-6-2-7-16-27)36-39-35(28-18-8-3-9-19-28)40-37(41-36)31-22-12-20-25-17-10-11-21-30(25)31/h1-24H. The van der Waals surface area contributed by atoms with Gasteiger partial charge in [-0.1, -0.05) is 145 Å². The maximum absolute atomic E-state index is 7.10. The highest BCUT2D eigenvalue weighted by atomic mass is 35.5. The van der Waals surface area contributed by atoms with Crippen LogP contribution in [0.3, 0.4) is 0 Å². The van der Waals surface area contributed by atoms with Gasteiger partial charge < -0.3 is 0 Å². The van der Waals surface area contributed by atoms with Gasteiger partial charge in [-0.05, 0) is 34.0 Å². The summed E-state index contributed by atoms with van der Waals surface area (Å²) in [6.07, 6.45) is 0. The molecule has 0 unspecified atom stereocenters. The normalized spacial score (nSPS) is 11.0. The van der Waals surface area contributed by atoms with E-state index in [1.54, 1.807) is 0 Å². The molecule has 0 bridgehead atoms. The van der Waals surface area contributed by atoms with Crippen LogP contribution in [-0.2, 0) is 0 Å². The van der Waals surface area contributed by atoms with Crippen molar-refractivity contribution in [3.63, 3.8) is 0 Å². The van der Waals surface area contributed by atoms with Crippen LogP contribution in [0.4, 0.5) is 0 Å². The van der Waals surface area contributed by atoms with Crippen LogP contribution in [0.5, 0.6) is 0 Å². The third-order valence-electron chi connectivity index (χ3n) is 7.20. The number of benzene rings is 6. The lowest BCUT2D eigenvalue weighted by molar-refractivity contribution is 1.08. The first-order valence-electron chi connectivity index (χ1n) is 13.5. The van der Waals surface area contributed by atoms with Crippen molar-refractivity contribution >= 4 is 22.4 Å². The molecule has 0 radical (unpaired) electrons. The van der Waals surface area contributed by atoms with E-state index in [1.165, 1.54) is 0 Å². The Hall–Kier alpha value is -5.12. The summed E-state index contributed by atoms with van der Waals surface area (Å²) >= 11 is 7.10. The van der Waals surface area contributed by atoms with Crippen molar-refractivity contribution < 1.29 is 0 Å². The summed E-state index contributed by atoms with van der Waals surface area (Å²) in [7, 11) is 0. The molecule has 6 aromatic carbocycles. The monoisotopic (exact) mass is 545 g/mol. The van der Waals surface area contributed by atoms with Crippen LogP contribution in [0.25, 0.3) is 67.2 Å². The van der Waals surface area contributed by atoms with Gasteiger partial charge in [0.15, 0.2) is 17.5 Å². The molecule has 0 N–H and O–H groups in total. The molecule has 1 heterocycles. The highest BCUT2D eigenvalue weighted by Gasteiger charge is 2.18. The first kappa shape index (κ1) is 24.9. The minimum Gasteiger partial charge on any atom is -0.208 e. The topological polar surface area (TPSA) is 38.7 Å². The largest absolute Gasteiger partial charge is 0.208 e. The maximum Gasteiger partial charge on any atom is 0.164 e. The maximum atomic E-state index is 7.10. The molecule has 41 heavy (non-hydrogen) atoms. The molecule has 0 spiro atoms. The number of rotatable bonds is 5. The molecule has 0 aliphatic carbocycles. The molecule has 7 rings (SSSR count). The van der Waals surface area contributed by atoms with Crippen molar-refractivity contribution in [2.24, 2.45) is 0 Å². The molecule has 0 atom stereocenters. The van der Waals surface area contributed by atoms with Crippen LogP contribution in [0.2, 0.25) is 5.02 Å². The molecule has 0 saturated carbocycles. The van der Waals surface area contributed by atoms with E-state index in [4.69, 9.17) is 26.6 Å². The second-order valence-corrected chi connectivity index (χ2v) is 10.2. The highest BCUT2D eigenvalue weighted by molar-refractivity contribution is 6.36. The van der Waals surface area contributed by atoms with Crippen LogP contribution in [-0.4, -0.2) is 15.0 Å². The van der Waals surface area contributed by atoms with Crippen LogP contribution in [0.15, 0.2) is 146 Å². The molecule has 7 aromatic rings. The summed E-state index contributed by atoms with van der Waals surface area (Å²) in [6, 6.07) is 49.2. The number of fused-ring (bicyclic) bond motifs is 1. The Kier molecular flexibility index (Phi) is 6.56. The van der Waals surface area contributed by atoms with E-state index in [2.05, 4.69) is 60.7 Å². The quantitative estimate of drug-likeness (QED) is 0.216. The summed E-state index contributed by atoms with van der Waals surface area (Å²) in [4.78, 5) is 15.1. The lowest BCUT2D eigenvalue weighted by Crippen LogP contribution is -2.01. The molecule has 1 aromatic heterocycles. The van der Waals surface area contributed by atoms with E-state index in [1.807, 2.05) is 84.9 Å². The highest BCUT2D eigenvalue weighted by Crippen LogP contribution is 2.40. The van der Waals surface area contributed by atoms with E-state index in [-0.39, 0.29) is 0 Å². The van der Waals surface area contributed by atoms with Gasteiger partial charge in [-0.15, -0.1) is 0 Å². The van der Waals surface area contributed by atoms with Crippen molar-refractivity contribution in [3.05, 3.63) is 151 Å². The molecule has 194 valence electrons. The zero-order valence-electron chi connectivity index (χ0n) is 22.1. The second kappa shape index (κ2) is 10.8. The molecule has 0 aliphatic heterocycles. The van der Waals surface area contributed by atoms with E-state index < -0.39 is 0 Å². The first-order valence-corrected chi connectivity index (χ1v) is 13.9. The Labute approximate surface area is 243 Å². The Morgan fingerprint density at radius 1 is 0.366 bits per heavy atom. The minimum atomic E-state index is 0.591. The third kappa shape index (κ3) is 4.88. The summed E-state index contributed by atoms with van der Waals surface area (Å²) in [6.45, 7) is 0. The minimum absolute atomic E-state index is 0.591. The lowest BCUT2D eigenvalue weighted by Gasteiger charge is -2.15. The zero-order valence-corrected chi connectivity index (χ0v) is 22.8. The van der Waals surface area contributed by atoms with Crippen LogP contribution in [0.1, 0.15) is 0 Å². The summed E-state index contributed by atoms with van der Waals surface area (Å²) in [5.74, 6) is 1.84. The molecule has 0 fully saturated rings. The molecule has 0 amide bonds. The fourth-order valence-corrected chi connectivity index (χ4v) is 5.50. The van der Waals surface area contributed by atoms with E-state index >= 15 is 0 Å². The zero-order chi connectivity index (χ0) is 27.6. The average Bonchev–Trinajstić information content (AvgIpc) is 3.05.